The van der Waals surface area contributed by atoms with Gasteiger partial charge in [0.05, 0.1) is 37.1 Å². The number of sulfonamides is 1. The Morgan fingerprint density at radius 3 is 2.67 bits per heavy atom. The molecule has 0 amide bonds. The quantitative estimate of drug-likeness (QED) is 0.239. The van der Waals surface area contributed by atoms with Crippen LogP contribution < -0.4 is 14.9 Å². The van der Waals surface area contributed by atoms with Crippen LogP contribution in [-0.4, -0.2) is 63.9 Å². The molecule has 0 spiro atoms. The van der Waals surface area contributed by atoms with E-state index in [0.29, 0.717) is 23.7 Å². The number of nitrogens with one attached hydrogen (secondary N) is 1. The van der Waals surface area contributed by atoms with Gasteiger partial charge in [-0.1, -0.05) is 12.7 Å². The second-order valence-electron chi connectivity index (χ2n) is 6.83. The molecule has 33 heavy (non-hydrogen) atoms. The number of nitro groups is 1. The minimum absolute atomic E-state index is 0.112. The van der Waals surface area contributed by atoms with E-state index in [-0.39, 0.29) is 42.6 Å². The Morgan fingerprint density at radius 1 is 1.24 bits per heavy atom. The number of nitrogens with zero attached hydrogens (tertiary/aromatic N) is 3. The first-order valence-electron chi connectivity index (χ1n) is 9.94. The van der Waals surface area contributed by atoms with Gasteiger partial charge in [0.25, 0.3) is 5.69 Å². The lowest BCUT2D eigenvalue weighted by molar-refractivity contribution is -0.385. The van der Waals surface area contributed by atoms with Crippen molar-refractivity contribution in [1.82, 2.24) is 4.31 Å². The number of hydrogen-bond acceptors (Lipinski definition) is 9. The Kier molecular flexibility index (Phi) is 7.98. The van der Waals surface area contributed by atoms with E-state index >= 15 is 0 Å². The lowest BCUT2D eigenvalue weighted by Gasteiger charge is -2.26. The lowest BCUT2D eigenvalue weighted by Crippen LogP contribution is -2.40. The normalized spacial score (nSPS) is 14.7. The Labute approximate surface area is 191 Å². The third-order valence-corrected chi connectivity index (χ3v) is 6.65. The van der Waals surface area contributed by atoms with Gasteiger partial charge >= 0.3 is 0 Å². The molecule has 0 radical (unpaired) electrons. The summed E-state index contributed by atoms with van der Waals surface area (Å²) >= 11 is 0. The summed E-state index contributed by atoms with van der Waals surface area (Å²) in [5.74, 6) is 1.03. The highest BCUT2D eigenvalue weighted by molar-refractivity contribution is 7.89. The summed E-state index contributed by atoms with van der Waals surface area (Å²) in [5, 5.41) is 15.3. The molecule has 1 N–H and O–H groups in total. The second kappa shape index (κ2) is 10.9. The minimum atomic E-state index is -4.00. The topological polar surface area (TPSA) is 133 Å². The number of methoxy groups -OCH3 is 1. The van der Waals surface area contributed by atoms with Crippen LogP contribution in [0.5, 0.6) is 11.5 Å². The molecule has 0 bridgehead atoms. The third kappa shape index (κ3) is 5.86. The first-order valence-corrected chi connectivity index (χ1v) is 11.4. The lowest BCUT2D eigenvalue weighted by atomic mass is 10.2. The number of hydrazone groups is 1. The Hall–Kier alpha value is -3.48. The molecule has 176 valence electrons. The Morgan fingerprint density at radius 2 is 2.00 bits per heavy atom. The van der Waals surface area contributed by atoms with Crippen molar-refractivity contribution in [3.05, 3.63) is 64.7 Å². The summed E-state index contributed by atoms with van der Waals surface area (Å²) in [6.45, 7) is 4.76. The number of anilines is 1. The average Bonchev–Trinajstić information content (AvgIpc) is 2.83. The molecule has 0 unspecified atom stereocenters. The molecule has 0 saturated carbocycles. The first kappa shape index (κ1) is 24.2. The van der Waals surface area contributed by atoms with Gasteiger partial charge in [0.2, 0.25) is 10.0 Å². The molecule has 0 aliphatic carbocycles. The highest BCUT2D eigenvalue weighted by atomic mass is 32.2. The summed E-state index contributed by atoms with van der Waals surface area (Å²) in [5.41, 5.74) is 3.12. The van der Waals surface area contributed by atoms with E-state index in [0.717, 1.165) is 6.07 Å². The third-order valence-electron chi connectivity index (χ3n) is 4.71. The number of hydrogen-bond donors (Lipinski definition) is 1. The van der Waals surface area contributed by atoms with Gasteiger partial charge in [-0.2, -0.15) is 9.41 Å². The molecule has 11 nitrogen and oxygen atoms in total. The molecular weight excluding hydrogens is 452 g/mol. The summed E-state index contributed by atoms with van der Waals surface area (Å²) in [6.07, 6.45) is 3.08. The first-order chi connectivity index (χ1) is 15.9. The van der Waals surface area contributed by atoms with Crippen molar-refractivity contribution in [3.63, 3.8) is 0 Å². The van der Waals surface area contributed by atoms with Crippen LogP contribution in [0.3, 0.4) is 0 Å². The van der Waals surface area contributed by atoms with Crippen molar-refractivity contribution in [2.45, 2.75) is 4.90 Å². The minimum Gasteiger partial charge on any atom is -0.493 e. The highest BCUT2D eigenvalue weighted by Gasteiger charge is 2.30. The summed E-state index contributed by atoms with van der Waals surface area (Å²) in [4.78, 5) is 10.3. The zero-order chi connectivity index (χ0) is 23.8. The SMILES string of the molecule is C=CCOc1ccc(/C=N/Nc2ccc([N+](=O)[O-])cc2S(=O)(=O)N2CCOCC2)cc1OC. The van der Waals surface area contributed by atoms with E-state index in [4.69, 9.17) is 14.2 Å². The zero-order valence-electron chi connectivity index (χ0n) is 18.0. The molecule has 0 atom stereocenters. The fraction of sp³-hybridized carbons (Fsp3) is 0.286. The van der Waals surface area contributed by atoms with Crippen molar-refractivity contribution in [2.24, 2.45) is 5.10 Å². The maximum atomic E-state index is 13.1. The van der Waals surface area contributed by atoms with Crippen molar-refractivity contribution in [1.29, 1.82) is 0 Å². The van der Waals surface area contributed by atoms with Gasteiger partial charge in [-0.05, 0) is 29.8 Å². The van der Waals surface area contributed by atoms with Gasteiger partial charge in [0.15, 0.2) is 11.5 Å². The largest absolute Gasteiger partial charge is 0.493 e. The van der Waals surface area contributed by atoms with E-state index in [9.17, 15) is 18.5 Å². The van der Waals surface area contributed by atoms with E-state index in [1.54, 1.807) is 24.3 Å². The molecule has 3 rings (SSSR count). The van der Waals surface area contributed by atoms with Crippen molar-refractivity contribution in [3.8, 4) is 11.5 Å². The molecule has 1 heterocycles. The maximum Gasteiger partial charge on any atom is 0.270 e. The maximum absolute atomic E-state index is 13.1. The van der Waals surface area contributed by atoms with Crippen LogP contribution in [0.4, 0.5) is 11.4 Å². The number of benzene rings is 2. The van der Waals surface area contributed by atoms with Crippen molar-refractivity contribution >= 4 is 27.6 Å². The fourth-order valence-electron chi connectivity index (χ4n) is 3.07. The average molecular weight is 477 g/mol. The van der Waals surface area contributed by atoms with Crippen LogP contribution in [0.1, 0.15) is 5.56 Å². The van der Waals surface area contributed by atoms with E-state index in [1.165, 1.54) is 29.8 Å². The summed E-state index contributed by atoms with van der Waals surface area (Å²) in [6, 6.07) is 8.71. The smallest absolute Gasteiger partial charge is 0.270 e. The molecule has 1 aliphatic heterocycles. The Balaban J connectivity index is 1.87. The molecule has 1 aliphatic rings. The number of morpholine rings is 1. The zero-order valence-corrected chi connectivity index (χ0v) is 18.8. The van der Waals surface area contributed by atoms with Crippen LogP contribution in [-0.2, 0) is 14.8 Å². The Bertz CT molecular complexity index is 1150. The van der Waals surface area contributed by atoms with Crippen molar-refractivity contribution in [2.75, 3.05) is 45.4 Å². The fourth-order valence-corrected chi connectivity index (χ4v) is 4.63. The summed E-state index contributed by atoms with van der Waals surface area (Å²) < 4.78 is 43.5. The predicted molar refractivity (Wildman–Crippen MR) is 123 cm³/mol. The molecule has 2 aromatic carbocycles. The standard InChI is InChI=1S/C21H24N4O7S/c1-3-10-32-19-7-4-16(13-20(19)30-2)15-22-23-18-6-5-17(25(26)27)14-21(18)33(28,29)24-8-11-31-12-9-24/h3-7,13-15,23H,1,8-12H2,2H3/b22-15+. The number of nitro benzene ring substituents is 1. The van der Waals surface area contributed by atoms with Crippen LogP contribution in [0.15, 0.2) is 59.1 Å². The van der Waals surface area contributed by atoms with E-state index in [1.807, 2.05) is 0 Å². The van der Waals surface area contributed by atoms with Gasteiger partial charge < -0.3 is 14.2 Å². The molecule has 12 heteroatoms. The number of rotatable bonds is 10. The van der Waals surface area contributed by atoms with Gasteiger partial charge in [0, 0.05) is 25.2 Å². The van der Waals surface area contributed by atoms with Gasteiger partial charge in [0.1, 0.15) is 11.5 Å². The van der Waals surface area contributed by atoms with Gasteiger partial charge in [-0.15, -0.1) is 0 Å². The van der Waals surface area contributed by atoms with Gasteiger partial charge in [-0.3, -0.25) is 15.5 Å². The number of non-ortho nitro benzene ring substituents is 1. The van der Waals surface area contributed by atoms with Crippen LogP contribution >= 0.6 is 0 Å². The molecular formula is C21H24N4O7S. The van der Waals surface area contributed by atoms with E-state index < -0.39 is 14.9 Å². The monoisotopic (exact) mass is 476 g/mol. The number of ether oxygens (including phenoxy) is 3. The molecule has 2 aromatic rings. The molecule has 1 fully saturated rings. The second-order valence-corrected chi connectivity index (χ2v) is 8.74. The van der Waals surface area contributed by atoms with Crippen molar-refractivity contribution < 1.29 is 27.6 Å². The van der Waals surface area contributed by atoms with Crippen LogP contribution in [0.2, 0.25) is 0 Å². The predicted octanol–water partition coefficient (Wildman–Crippen LogP) is 2.64. The van der Waals surface area contributed by atoms with Crippen LogP contribution in [0, 0.1) is 10.1 Å². The molecule has 0 aromatic heterocycles. The summed E-state index contributed by atoms with van der Waals surface area (Å²) in [7, 11) is -2.49. The highest BCUT2D eigenvalue weighted by Crippen LogP contribution is 2.30. The molecule has 1 saturated heterocycles. The van der Waals surface area contributed by atoms with Gasteiger partial charge in [-0.25, -0.2) is 8.42 Å². The van der Waals surface area contributed by atoms with E-state index in [2.05, 4.69) is 17.1 Å². The van der Waals surface area contributed by atoms with Crippen LogP contribution in [0.25, 0.3) is 0 Å².